The summed E-state index contributed by atoms with van der Waals surface area (Å²) in [7, 11) is 0. The Morgan fingerprint density at radius 2 is 1.91 bits per heavy atom. The van der Waals surface area contributed by atoms with Gasteiger partial charge in [-0.25, -0.2) is 4.79 Å². The average Bonchev–Trinajstić information content (AvgIpc) is 2.56. The molecule has 0 saturated carbocycles. The van der Waals surface area contributed by atoms with Crippen LogP contribution in [-0.2, 0) is 22.4 Å². The minimum absolute atomic E-state index is 0.120. The first-order valence-corrected chi connectivity index (χ1v) is 7.73. The maximum absolute atomic E-state index is 11.2. The number of benzene rings is 2. The van der Waals surface area contributed by atoms with Crippen molar-refractivity contribution >= 4 is 5.97 Å². The summed E-state index contributed by atoms with van der Waals surface area (Å²) in [5.41, 5.74) is 5.66. The van der Waals surface area contributed by atoms with E-state index in [2.05, 4.69) is 49.9 Å². The van der Waals surface area contributed by atoms with Gasteiger partial charge in [0.15, 0.2) is 0 Å². The van der Waals surface area contributed by atoms with E-state index in [0.29, 0.717) is 19.4 Å². The number of hydrogen-bond donors (Lipinski definition) is 1. The highest BCUT2D eigenvalue weighted by molar-refractivity contribution is 5.81. The standard InChI is InChI=1S/C20H22O3/c1-3-20(22)23-13-11-18-14-16(10-12-21)6-9-19(18)17-7-4-15(2)5-8-17/h3-9,14,21H,1,10-13H2,2H3. The molecule has 0 heterocycles. The normalized spacial score (nSPS) is 10.3. The van der Waals surface area contributed by atoms with Crippen molar-refractivity contribution < 1.29 is 14.6 Å². The lowest BCUT2D eigenvalue weighted by Gasteiger charge is -2.12. The second kappa shape index (κ2) is 8.30. The summed E-state index contributed by atoms with van der Waals surface area (Å²) >= 11 is 0. The lowest BCUT2D eigenvalue weighted by molar-refractivity contribution is -0.137. The average molecular weight is 310 g/mol. The number of aliphatic hydroxyl groups excluding tert-OH is 1. The number of carbonyl (C=O) groups is 1. The molecule has 2 aromatic carbocycles. The molecule has 0 bridgehead atoms. The van der Waals surface area contributed by atoms with Crippen molar-refractivity contribution in [3.63, 3.8) is 0 Å². The van der Waals surface area contributed by atoms with Crippen molar-refractivity contribution in [3.8, 4) is 11.1 Å². The van der Waals surface area contributed by atoms with E-state index in [1.807, 2.05) is 6.07 Å². The molecule has 3 heteroatoms. The summed E-state index contributed by atoms with van der Waals surface area (Å²) in [5, 5.41) is 9.13. The molecule has 0 atom stereocenters. The number of hydrogen-bond acceptors (Lipinski definition) is 3. The molecule has 0 unspecified atom stereocenters. The van der Waals surface area contributed by atoms with Gasteiger partial charge in [-0.2, -0.15) is 0 Å². The van der Waals surface area contributed by atoms with Gasteiger partial charge in [-0.05, 0) is 35.6 Å². The first kappa shape index (κ1) is 17.0. The molecule has 0 aliphatic heterocycles. The molecular formula is C20H22O3. The Kier molecular flexibility index (Phi) is 6.12. The molecule has 0 aromatic heterocycles. The van der Waals surface area contributed by atoms with E-state index in [-0.39, 0.29) is 6.61 Å². The number of ether oxygens (including phenoxy) is 1. The van der Waals surface area contributed by atoms with Gasteiger partial charge in [0.1, 0.15) is 0 Å². The van der Waals surface area contributed by atoms with E-state index in [1.165, 1.54) is 11.6 Å². The Morgan fingerprint density at radius 1 is 1.17 bits per heavy atom. The fraction of sp³-hybridized carbons (Fsp3) is 0.250. The monoisotopic (exact) mass is 310 g/mol. The van der Waals surface area contributed by atoms with E-state index in [4.69, 9.17) is 9.84 Å². The fourth-order valence-corrected chi connectivity index (χ4v) is 2.47. The highest BCUT2D eigenvalue weighted by Crippen LogP contribution is 2.26. The third kappa shape index (κ3) is 4.80. The molecule has 0 aliphatic rings. The van der Waals surface area contributed by atoms with E-state index in [9.17, 15) is 4.79 Å². The van der Waals surface area contributed by atoms with Gasteiger partial charge in [-0.15, -0.1) is 0 Å². The zero-order chi connectivity index (χ0) is 16.7. The summed E-state index contributed by atoms with van der Waals surface area (Å²) in [5.74, 6) is -0.409. The molecule has 2 rings (SSSR count). The van der Waals surface area contributed by atoms with Gasteiger partial charge in [-0.1, -0.05) is 54.6 Å². The zero-order valence-corrected chi connectivity index (χ0v) is 13.4. The van der Waals surface area contributed by atoms with Crippen molar-refractivity contribution in [2.45, 2.75) is 19.8 Å². The molecule has 0 aliphatic carbocycles. The Bertz CT molecular complexity index is 672. The predicted octanol–water partition coefficient (Wildman–Crippen LogP) is 3.47. The van der Waals surface area contributed by atoms with Crippen LogP contribution in [0, 0.1) is 6.92 Å². The van der Waals surface area contributed by atoms with Crippen molar-refractivity contribution in [1.29, 1.82) is 0 Å². The van der Waals surface area contributed by atoms with Crippen LogP contribution < -0.4 is 0 Å². The van der Waals surface area contributed by atoms with Gasteiger partial charge in [0.2, 0.25) is 0 Å². The van der Waals surface area contributed by atoms with Crippen molar-refractivity contribution in [3.05, 3.63) is 71.8 Å². The molecule has 0 saturated heterocycles. The zero-order valence-electron chi connectivity index (χ0n) is 13.4. The molecule has 1 N–H and O–H groups in total. The maximum Gasteiger partial charge on any atom is 0.330 e. The molecule has 0 spiro atoms. The van der Waals surface area contributed by atoms with Crippen LogP contribution in [0.2, 0.25) is 0 Å². The smallest absolute Gasteiger partial charge is 0.330 e. The van der Waals surface area contributed by atoms with Gasteiger partial charge in [-0.3, -0.25) is 0 Å². The van der Waals surface area contributed by atoms with E-state index in [1.54, 1.807) is 0 Å². The maximum atomic E-state index is 11.2. The molecule has 120 valence electrons. The Balaban J connectivity index is 2.26. The lowest BCUT2D eigenvalue weighted by Crippen LogP contribution is -2.06. The summed E-state index contributed by atoms with van der Waals surface area (Å²) in [6.45, 7) is 5.89. The van der Waals surface area contributed by atoms with Crippen LogP contribution in [0.4, 0.5) is 0 Å². The quantitative estimate of drug-likeness (QED) is 0.629. The summed E-state index contributed by atoms with van der Waals surface area (Å²) < 4.78 is 5.10. The largest absolute Gasteiger partial charge is 0.462 e. The van der Waals surface area contributed by atoms with Gasteiger partial charge < -0.3 is 9.84 Å². The molecule has 2 aromatic rings. The summed E-state index contributed by atoms with van der Waals surface area (Å²) in [6, 6.07) is 14.5. The predicted molar refractivity (Wildman–Crippen MR) is 92.3 cm³/mol. The molecule has 0 amide bonds. The molecule has 0 radical (unpaired) electrons. The van der Waals surface area contributed by atoms with Crippen LogP contribution in [0.3, 0.4) is 0 Å². The van der Waals surface area contributed by atoms with Gasteiger partial charge in [0, 0.05) is 19.1 Å². The highest BCUT2D eigenvalue weighted by atomic mass is 16.5. The Hall–Kier alpha value is -2.39. The number of carbonyl (C=O) groups excluding carboxylic acids is 1. The van der Waals surface area contributed by atoms with Gasteiger partial charge in [0.05, 0.1) is 6.61 Å². The van der Waals surface area contributed by atoms with Gasteiger partial charge in [0.25, 0.3) is 0 Å². The molecule has 0 fully saturated rings. The first-order chi connectivity index (χ1) is 11.1. The highest BCUT2D eigenvalue weighted by Gasteiger charge is 2.08. The summed E-state index contributed by atoms with van der Waals surface area (Å²) in [4.78, 5) is 11.2. The van der Waals surface area contributed by atoms with Crippen molar-refractivity contribution in [2.75, 3.05) is 13.2 Å². The minimum atomic E-state index is -0.409. The third-order valence-corrected chi connectivity index (χ3v) is 3.72. The Morgan fingerprint density at radius 3 is 2.57 bits per heavy atom. The molecule has 3 nitrogen and oxygen atoms in total. The Labute approximate surface area is 137 Å². The number of aryl methyl sites for hydroxylation is 1. The first-order valence-electron chi connectivity index (χ1n) is 7.73. The minimum Gasteiger partial charge on any atom is -0.462 e. The van der Waals surface area contributed by atoms with E-state index < -0.39 is 5.97 Å². The topological polar surface area (TPSA) is 46.5 Å². The molecular weight excluding hydrogens is 288 g/mol. The fourth-order valence-electron chi connectivity index (χ4n) is 2.47. The second-order valence-corrected chi connectivity index (χ2v) is 5.45. The van der Waals surface area contributed by atoms with Crippen LogP contribution in [0.5, 0.6) is 0 Å². The third-order valence-electron chi connectivity index (χ3n) is 3.72. The van der Waals surface area contributed by atoms with Crippen LogP contribution in [0.1, 0.15) is 16.7 Å². The van der Waals surface area contributed by atoms with Crippen molar-refractivity contribution in [2.24, 2.45) is 0 Å². The molecule has 23 heavy (non-hydrogen) atoms. The number of esters is 1. The summed E-state index contributed by atoms with van der Waals surface area (Å²) in [6.07, 6.45) is 2.42. The van der Waals surface area contributed by atoms with Crippen LogP contribution in [0.25, 0.3) is 11.1 Å². The van der Waals surface area contributed by atoms with E-state index >= 15 is 0 Å². The van der Waals surface area contributed by atoms with Gasteiger partial charge >= 0.3 is 5.97 Å². The SMILES string of the molecule is C=CC(=O)OCCc1cc(CCO)ccc1-c1ccc(C)cc1. The van der Waals surface area contributed by atoms with Crippen LogP contribution >= 0.6 is 0 Å². The number of aliphatic hydroxyl groups is 1. The van der Waals surface area contributed by atoms with Crippen LogP contribution in [0.15, 0.2) is 55.1 Å². The van der Waals surface area contributed by atoms with E-state index in [0.717, 1.165) is 22.3 Å². The lowest BCUT2D eigenvalue weighted by atomic mass is 9.94. The van der Waals surface area contributed by atoms with Crippen molar-refractivity contribution in [1.82, 2.24) is 0 Å². The van der Waals surface area contributed by atoms with Crippen LogP contribution in [-0.4, -0.2) is 24.3 Å². The second-order valence-electron chi connectivity index (χ2n) is 5.45. The number of rotatable bonds is 7.